The molecule has 0 saturated heterocycles. The van der Waals surface area contributed by atoms with Crippen LogP contribution in [0, 0.1) is 6.92 Å². The maximum Gasteiger partial charge on any atom is 0.304 e. The molecular formula is C23H25ClN2O2. The zero-order chi connectivity index (χ0) is 19.8. The quantitative estimate of drug-likeness (QED) is 0.670. The molecule has 0 fully saturated rings. The van der Waals surface area contributed by atoms with Crippen molar-refractivity contribution in [3.05, 3.63) is 69.9 Å². The minimum absolute atomic E-state index is 0.0758. The van der Waals surface area contributed by atoms with E-state index >= 15 is 0 Å². The fraction of sp³-hybridized carbons (Fsp3) is 0.348. The minimum Gasteiger partial charge on any atom is -0.481 e. The molecule has 2 heterocycles. The van der Waals surface area contributed by atoms with Gasteiger partial charge in [-0.05, 0) is 43.3 Å². The lowest BCUT2D eigenvalue weighted by Gasteiger charge is -2.25. The molecule has 0 aliphatic carbocycles. The van der Waals surface area contributed by atoms with E-state index in [1.165, 1.54) is 22.2 Å². The van der Waals surface area contributed by atoms with E-state index in [0.717, 1.165) is 35.6 Å². The first-order valence-corrected chi connectivity index (χ1v) is 10.1. The maximum atomic E-state index is 11.6. The molecule has 1 unspecified atom stereocenters. The van der Waals surface area contributed by atoms with Gasteiger partial charge in [0.25, 0.3) is 0 Å². The average Bonchev–Trinajstić information content (AvgIpc) is 2.94. The summed E-state index contributed by atoms with van der Waals surface area (Å²) < 4.78 is 2.33. The van der Waals surface area contributed by atoms with Crippen LogP contribution < -0.4 is 0 Å². The third-order valence-corrected chi connectivity index (χ3v) is 6.01. The van der Waals surface area contributed by atoms with Crippen LogP contribution in [0.25, 0.3) is 10.9 Å². The zero-order valence-corrected chi connectivity index (χ0v) is 17.0. The molecule has 1 atom stereocenters. The molecule has 1 aromatic heterocycles. The topological polar surface area (TPSA) is 45.5 Å². The summed E-state index contributed by atoms with van der Waals surface area (Å²) in [5, 5.41) is 11.4. The lowest BCUT2D eigenvalue weighted by atomic mass is 9.94. The number of fused-ring (bicyclic) bond motifs is 3. The number of rotatable bonds is 5. The molecule has 0 spiro atoms. The molecule has 5 heteroatoms. The lowest BCUT2D eigenvalue weighted by molar-refractivity contribution is -0.137. The number of hydrogen-bond acceptors (Lipinski definition) is 2. The highest BCUT2D eigenvalue weighted by molar-refractivity contribution is 6.31. The molecule has 0 radical (unpaired) electrons. The van der Waals surface area contributed by atoms with E-state index in [-0.39, 0.29) is 12.3 Å². The highest BCUT2D eigenvalue weighted by Gasteiger charge is 2.25. The predicted molar refractivity (Wildman–Crippen MR) is 113 cm³/mol. The van der Waals surface area contributed by atoms with Gasteiger partial charge in [0.05, 0.1) is 6.42 Å². The molecule has 1 aliphatic heterocycles. The highest BCUT2D eigenvalue weighted by Crippen LogP contribution is 2.34. The largest absolute Gasteiger partial charge is 0.481 e. The van der Waals surface area contributed by atoms with Crippen LogP contribution in [-0.2, 0) is 24.3 Å². The van der Waals surface area contributed by atoms with E-state index in [0.29, 0.717) is 6.54 Å². The van der Waals surface area contributed by atoms with E-state index in [9.17, 15) is 9.90 Å². The van der Waals surface area contributed by atoms with Crippen LogP contribution in [0.3, 0.4) is 0 Å². The number of aromatic nitrogens is 1. The first-order valence-electron chi connectivity index (χ1n) is 9.69. The summed E-state index contributed by atoms with van der Waals surface area (Å²) in [4.78, 5) is 13.9. The fourth-order valence-corrected chi connectivity index (χ4v) is 4.50. The number of likely N-dealkylation sites (N-methyl/N-ethyl adjacent to an activating group) is 1. The van der Waals surface area contributed by atoms with Crippen molar-refractivity contribution in [2.24, 2.45) is 0 Å². The normalized spacial score (nSPS) is 15.5. The zero-order valence-electron chi connectivity index (χ0n) is 16.3. The third kappa shape index (κ3) is 3.67. The van der Waals surface area contributed by atoms with Crippen LogP contribution >= 0.6 is 11.6 Å². The summed E-state index contributed by atoms with van der Waals surface area (Å²) >= 11 is 6.29. The van der Waals surface area contributed by atoms with E-state index in [1.807, 2.05) is 19.1 Å². The van der Waals surface area contributed by atoms with Gasteiger partial charge in [-0.3, -0.25) is 4.79 Å². The second-order valence-corrected chi connectivity index (χ2v) is 8.33. The Hall–Kier alpha value is -2.30. The molecule has 146 valence electrons. The van der Waals surface area contributed by atoms with Gasteiger partial charge in [0.1, 0.15) is 0 Å². The summed E-state index contributed by atoms with van der Waals surface area (Å²) in [6.07, 6.45) is 1.08. The Bertz CT molecular complexity index is 1020. The van der Waals surface area contributed by atoms with Crippen molar-refractivity contribution in [2.75, 3.05) is 13.6 Å². The van der Waals surface area contributed by atoms with Gasteiger partial charge >= 0.3 is 5.97 Å². The maximum absolute atomic E-state index is 11.6. The van der Waals surface area contributed by atoms with Crippen LogP contribution in [0.15, 0.2) is 42.5 Å². The number of hydrogen-bond donors (Lipinski definition) is 1. The number of aliphatic carboxylic acids is 1. The Morgan fingerprint density at radius 1 is 1.21 bits per heavy atom. The molecule has 4 rings (SSSR count). The fourth-order valence-electron chi connectivity index (χ4n) is 4.32. The molecule has 1 N–H and O–H groups in total. The number of carboxylic acid groups (broad SMARTS) is 1. The molecule has 28 heavy (non-hydrogen) atoms. The van der Waals surface area contributed by atoms with Gasteiger partial charge in [-0.2, -0.15) is 0 Å². The summed E-state index contributed by atoms with van der Waals surface area (Å²) in [5.41, 5.74) is 6.04. The SMILES string of the molecule is Cc1ccc(C(CC(=O)O)Cn2c3c(c4cc(Cl)ccc42)CN(C)CC3)cc1. The van der Waals surface area contributed by atoms with E-state index in [1.54, 1.807) is 0 Å². The first kappa shape index (κ1) is 19.0. The van der Waals surface area contributed by atoms with Crippen molar-refractivity contribution in [2.45, 2.75) is 38.8 Å². The number of nitrogens with zero attached hydrogens (tertiary/aromatic N) is 2. The van der Waals surface area contributed by atoms with E-state index < -0.39 is 5.97 Å². The summed E-state index contributed by atoms with van der Waals surface area (Å²) in [6, 6.07) is 14.3. The van der Waals surface area contributed by atoms with Crippen LogP contribution in [0.4, 0.5) is 0 Å². The van der Waals surface area contributed by atoms with Gasteiger partial charge in [0.2, 0.25) is 0 Å². The van der Waals surface area contributed by atoms with Crippen molar-refractivity contribution in [1.82, 2.24) is 9.47 Å². The molecule has 4 nitrogen and oxygen atoms in total. The van der Waals surface area contributed by atoms with Crippen LogP contribution in [0.2, 0.25) is 5.02 Å². The first-order chi connectivity index (χ1) is 13.4. The highest BCUT2D eigenvalue weighted by atomic mass is 35.5. The number of aryl methyl sites for hydroxylation is 1. The number of benzene rings is 2. The Kier molecular flexibility index (Phi) is 5.17. The Balaban J connectivity index is 1.80. The molecule has 2 aromatic carbocycles. The lowest BCUT2D eigenvalue weighted by Crippen LogP contribution is -2.28. The number of halogens is 1. The summed E-state index contributed by atoms with van der Waals surface area (Å²) in [6.45, 7) is 4.61. The van der Waals surface area contributed by atoms with Gasteiger partial charge in [-0.1, -0.05) is 41.4 Å². The Labute approximate surface area is 170 Å². The summed E-state index contributed by atoms with van der Waals surface area (Å²) in [5.74, 6) is -0.841. The van der Waals surface area contributed by atoms with Gasteiger partial charge in [-0.25, -0.2) is 0 Å². The van der Waals surface area contributed by atoms with Gasteiger partial charge in [-0.15, -0.1) is 0 Å². The molecule has 3 aromatic rings. The van der Waals surface area contributed by atoms with Crippen molar-refractivity contribution < 1.29 is 9.90 Å². The van der Waals surface area contributed by atoms with Gasteiger partial charge < -0.3 is 14.6 Å². The Morgan fingerprint density at radius 2 is 1.96 bits per heavy atom. The van der Waals surface area contributed by atoms with Crippen LogP contribution in [0.1, 0.15) is 34.7 Å². The summed E-state index contributed by atoms with van der Waals surface area (Å²) in [7, 11) is 2.14. The standard InChI is InChI=1S/C23H25ClN2O2/c1-15-3-5-16(6-4-15)17(11-23(27)28)13-26-21-8-7-18(24)12-19(21)20-14-25(2)10-9-22(20)26/h3-8,12,17H,9-11,13-14H2,1-2H3,(H,27,28). The van der Waals surface area contributed by atoms with Gasteiger partial charge in [0.15, 0.2) is 0 Å². The molecule has 0 bridgehead atoms. The molecule has 0 saturated carbocycles. The van der Waals surface area contributed by atoms with Crippen LogP contribution in [-0.4, -0.2) is 34.1 Å². The number of carboxylic acids is 1. The Morgan fingerprint density at radius 3 is 2.68 bits per heavy atom. The second kappa shape index (κ2) is 7.61. The van der Waals surface area contributed by atoms with Crippen molar-refractivity contribution in [3.63, 3.8) is 0 Å². The predicted octanol–water partition coefficient (Wildman–Crippen LogP) is 4.85. The van der Waals surface area contributed by atoms with E-state index in [2.05, 4.69) is 46.8 Å². The smallest absolute Gasteiger partial charge is 0.304 e. The minimum atomic E-state index is -0.765. The van der Waals surface area contributed by atoms with Crippen LogP contribution in [0.5, 0.6) is 0 Å². The number of carbonyl (C=O) groups is 1. The second-order valence-electron chi connectivity index (χ2n) is 7.89. The van der Waals surface area contributed by atoms with Crippen molar-refractivity contribution >= 4 is 28.5 Å². The van der Waals surface area contributed by atoms with Crippen molar-refractivity contribution in [1.29, 1.82) is 0 Å². The van der Waals surface area contributed by atoms with Gasteiger partial charge in [0, 0.05) is 53.6 Å². The molecule has 1 aliphatic rings. The molecule has 0 amide bonds. The van der Waals surface area contributed by atoms with E-state index in [4.69, 9.17) is 11.6 Å². The molecular weight excluding hydrogens is 372 g/mol. The average molecular weight is 397 g/mol. The third-order valence-electron chi connectivity index (χ3n) is 5.78. The monoisotopic (exact) mass is 396 g/mol. The van der Waals surface area contributed by atoms with Crippen molar-refractivity contribution in [3.8, 4) is 0 Å².